The summed E-state index contributed by atoms with van der Waals surface area (Å²) in [5.74, 6) is 0. The quantitative estimate of drug-likeness (QED) is 0.473. The molecule has 88 valence electrons. The molecule has 0 radical (unpaired) electrons. The summed E-state index contributed by atoms with van der Waals surface area (Å²) < 4.78 is 0. The minimum Gasteiger partial charge on any atom is -0.305 e. The third-order valence-electron chi connectivity index (χ3n) is 2.41. The van der Waals surface area contributed by atoms with Gasteiger partial charge in [0.15, 0.2) is 0 Å². The average Bonchev–Trinajstić information content (AvgIpc) is 2.34. The van der Waals surface area contributed by atoms with Gasteiger partial charge in [0.05, 0.1) is 0 Å². The van der Waals surface area contributed by atoms with Gasteiger partial charge < -0.3 is 23.5 Å². The molecule has 0 atom stereocenters. The number of rotatable bonds is 4. The Balaban J connectivity index is 0.00000162. The topological polar surface area (TPSA) is 0 Å². The van der Waals surface area contributed by atoms with Crippen LogP contribution in [0.2, 0.25) is 0 Å². The van der Waals surface area contributed by atoms with Crippen molar-refractivity contribution < 1.29 is 18.9 Å². The van der Waals surface area contributed by atoms with Crippen LogP contribution in [0.3, 0.4) is 0 Å². The summed E-state index contributed by atoms with van der Waals surface area (Å²) in [6, 6.07) is 17.2. The summed E-state index contributed by atoms with van der Waals surface area (Å²) in [6.45, 7) is 4.22. The second-order valence-electron chi connectivity index (χ2n) is 3.96. The fourth-order valence-electron chi connectivity index (χ4n) is 1.37. The summed E-state index contributed by atoms with van der Waals surface area (Å²) in [5, 5.41) is 2.18. The molecule has 0 nitrogen and oxygen atoms in total. The van der Waals surface area contributed by atoms with E-state index in [0.29, 0.717) is 0 Å². The first-order chi connectivity index (χ1) is 8.24. The molecule has 0 fully saturated rings. The molecular formula is C15H15LiS2. The largest absolute Gasteiger partial charge is 1.00 e. The minimum absolute atomic E-state index is 0. The maximum Gasteiger partial charge on any atom is 1.00 e. The first kappa shape index (κ1) is 15.8. The van der Waals surface area contributed by atoms with Crippen molar-refractivity contribution in [2.45, 2.75) is 23.6 Å². The molecule has 0 heterocycles. The van der Waals surface area contributed by atoms with Crippen LogP contribution in [0.5, 0.6) is 0 Å². The molecule has 0 amide bonds. The van der Waals surface area contributed by atoms with E-state index in [4.69, 9.17) is 0 Å². The van der Waals surface area contributed by atoms with Gasteiger partial charge in [-0.05, 0) is 23.6 Å². The van der Waals surface area contributed by atoms with Crippen LogP contribution in [0, 0.1) is 18.9 Å². The van der Waals surface area contributed by atoms with Gasteiger partial charge >= 0.3 is 18.9 Å². The van der Waals surface area contributed by atoms with Crippen molar-refractivity contribution in [2.75, 3.05) is 0 Å². The van der Waals surface area contributed by atoms with E-state index >= 15 is 0 Å². The van der Waals surface area contributed by atoms with Gasteiger partial charge in [-0.2, -0.15) is 0 Å². The molecule has 0 unspecified atom stereocenters. The molecule has 3 heteroatoms. The van der Waals surface area contributed by atoms with Gasteiger partial charge in [0.25, 0.3) is 0 Å². The Bertz CT molecular complexity index is 417. The Morgan fingerprint density at radius 2 is 1.00 bits per heavy atom. The molecule has 2 aromatic carbocycles. The van der Waals surface area contributed by atoms with E-state index in [1.807, 2.05) is 0 Å². The molecule has 0 saturated carbocycles. The normalized spacial score (nSPS) is 9.89. The van der Waals surface area contributed by atoms with E-state index in [1.165, 1.54) is 20.9 Å². The van der Waals surface area contributed by atoms with Crippen molar-refractivity contribution in [2.24, 2.45) is 0 Å². The van der Waals surface area contributed by atoms with E-state index in [1.54, 1.807) is 23.5 Å². The van der Waals surface area contributed by atoms with Crippen LogP contribution in [0.4, 0.5) is 0 Å². The predicted molar refractivity (Wildman–Crippen MR) is 78.4 cm³/mol. The van der Waals surface area contributed by atoms with E-state index in [0.717, 1.165) is 0 Å². The molecule has 0 saturated heterocycles. The molecule has 2 aromatic rings. The Morgan fingerprint density at radius 3 is 1.33 bits per heavy atom. The SMILES string of the molecule is Cc1ccc(S[CH-]Sc2ccc(C)cc2)cc1.[Li+]. The van der Waals surface area contributed by atoms with E-state index in [9.17, 15) is 0 Å². The molecule has 2 rings (SSSR count). The van der Waals surface area contributed by atoms with Crippen LogP contribution >= 0.6 is 23.5 Å². The first-order valence-corrected chi connectivity index (χ1v) is 7.28. The zero-order valence-corrected chi connectivity index (χ0v) is 12.6. The summed E-state index contributed by atoms with van der Waals surface area (Å²) >= 11 is 3.53. The molecular weight excluding hydrogens is 251 g/mol. The van der Waals surface area contributed by atoms with Crippen molar-refractivity contribution >= 4 is 23.5 Å². The second kappa shape index (κ2) is 8.02. The first-order valence-electron chi connectivity index (χ1n) is 5.52. The van der Waals surface area contributed by atoms with Crippen LogP contribution in [-0.4, -0.2) is 0 Å². The van der Waals surface area contributed by atoms with Crippen molar-refractivity contribution in [1.82, 2.24) is 0 Å². The third-order valence-corrected chi connectivity index (χ3v) is 4.27. The van der Waals surface area contributed by atoms with Crippen LogP contribution in [0.25, 0.3) is 0 Å². The van der Waals surface area contributed by atoms with Crippen molar-refractivity contribution in [3.8, 4) is 0 Å². The van der Waals surface area contributed by atoms with Gasteiger partial charge in [-0.25, -0.2) is 5.08 Å². The zero-order chi connectivity index (χ0) is 12.1. The third kappa shape index (κ3) is 5.16. The zero-order valence-electron chi connectivity index (χ0n) is 11.0. The predicted octanol–water partition coefficient (Wildman–Crippen LogP) is 2.31. The standard InChI is InChI=1S/C15H15S2.Li/c1-12-3-7-14(8-4-12)16-11-17-15-9-5-13(2)6-10-15;/h3-11H,1-2H3;/q-1;+1. The van der Waals surface area contributed by atoms with Gasteiger partial charge in [0.2, 0.25) is 0 Å². The Kier molecular flexibility index (Phi) is 7.04. The molecule has 18 heavy (non-hydrogen) atoms. The van der Waals surface area contributed by atoms with E-state index in [2.05, 4.69) is 67.5 Å². The van der Waals surface area contributed by atoms with Crippen LogP contribution < -0.4 is 18.9 Å². The van der Waals surface area contributed by atoms with Gasteiger partial charge in [-0.3, -0.25) is 0 Å². The smallest absolute Gasteiger partial charge is 0.305 e. The van der Waals surface area contributed by atoms with E-state index in [-0.39, 0.29) is 18.9 Å². The van der Waals surface area contributed by atoms with Crippen molar-refractivity contribution in [3.63, 3.8) is 0 Å². The fraction of sp³-hybridized carbons (Fsp3) is 0.133. The fourth-order valence-corrected chi connectivity index (χ4v) is 3.04. The van der Waals surface area contributed by atoms with Crippen LogP contribution in [0.15, 0.2) is 58.3 Å². The second-order valence-corrected chi connectivity index (χ2v) is 6.14. The maximum absolute atomic E-state index is 2.18. The molecule has 0 spiro atoms. The summed E-state index contributed by atoms with van der Waals surface area (Å²) in [6.07, 6.45) is 0. The number of benzene rings is 2. The maximum atomic E-state index is 2.18. The van der Waals surface area contributed by atoms with Crippen molar-refractivity contribution in [3.05, 3.63) is 64.7 Å². The molecule has 0 aliphatic carbocycles. The number of aryl methyl sites for hydroxylation is 2. The molecule has 0 aliphatic heterocycles. The molecule has 0 N–H and O–H groups in total. The van der Waals surface area contributed by atoms with Crippen LogP contribution in [0.1, 0.15) is 11.1 Å². The van der Waals surface area contributed by atoms with Crippen LogP contribution in [-0.2, 0) is 0 Å². The number of thioether (sulfide) groups is 2. The van der Waals surface area contributed by atoms with Crippen molar-refractivity contribution in [1.29, 1.82) is 0 Å². The Labute approximate surface area is 130 Å². The summed E-state index contributed by atoms with van der Waals surface area (Å²) in [4.78, 5) is 2.57. The summed E-state index contributed by atoms with van der Waals surface area (Å²) in [5.41, 5.74) is 2.61. The van der Waals surface area contributed by atoms with E-state index < -0.39 is 0 Å². The molecule has 0 aliphatic rings. The Morgan fingerprint density at radius 1 is 0.667 bits per heavy atom. The number of hydrogen-bond donors (Lipinski definition) is 0. The van der Waals surface area contributed by atoms with Gasteiger partial charge in [0, 0.05) is 0 Å². The molecule has 0 aromatic heterocycles. The molecule has 0 bridgehead atoms. The van der Waals surface area contributed by atoms with Gasteiger partial charge in [-0.15, -0.1) is 0 Å². The minimum atomic E-state index is 0. The number of hydrogen-bond acceptors (Lipinski definition) is 2. The monoisotopic (exact) mass is 266 g/mol. The Hall–Kier alpha value is -0.263. The van der Waals surface area contributed by atoms with Gasteiger partial charge in [0.1, 0.15) is 0 Å². The van der Waals surface area contributed by atoms with Gasteiger partial charge in [-0.1, -0.05) is 59.7 Å². The average molecular weight is 266 g/mol. The summed E-state index contributed by atoms with van der Waals surface area (Å²) in [7, 11) is 0.